The number of halogens is 1. The molecule has 2 aromatic carbocycles. The molecule has 6 heteroatoms. The van der Waals surface area contributed by atoms with E-state index in [2.05, 4.69) is 20.3 Å². The molecule has 3 aromatic rings. The van der Waals surface area contributed by atoms with Crippen LogP contribution < -0.4 is 5.32 Å². The number of nitrogens with zero attached hydrogens (tertiary/aromatic N) is 3. The summed E-state index contributed by atoms with van der Waals surface area (Å²) in [5, 5.41) is 3.41. The lowest BCUT2D eigenvalue weighted by atomic mass is 10.0. The van der Waals surface area contributed by atoms with Crippen LogP contribution in [0, 0.1) is 0 Å². The van der Waals surface area contributed by atoms with E-state index >= 15 is 0 Å². The van der Waals surface area contributed by atoms with Crippen LogP contribution in [0.5, 0.6) is 0 Å². The number of hydrogen-bond donors (Lipinski definition) is 1. The Balaban J connectivity index is 1.78. The number of benzene rings is 2. The average molecular weight is 349 g/mol. The molecule has 0 spiro atoms. The fraction of sp³-hybridized carbons (Fsp3) is 0.0526. The molecule has 0 saturated heterocycles. The van der Waals surface area contributed by atoms with Crippen LogP contribution in [-0.2, 0) is 4.79 Å². The van der Waals surface area contributed by atoms with E-state index in [0.717, 1.165) is 16.8 Å². The monoisotopic (exact) mass is 348 g/mol. The lowest BCUT2D eigenvalue weighted by Gasteiger charge is -2.06. The number of carbonyl (C=O) groups excluding carboxylic acids is 1. The van der Waals surface area contributed by atoms with Crippen molar-refractivity contribution in [2.24, 2.45) is 4.99 Å². The predicted molar refractivity (Wildman–Crippen MR) is 98.4 cm³/mol. The van der Waals surface area contributed by atoms with E-state index < -0.39 is 0 Å². The molecule has 25 heavy (non-hydrogen) atoms. The first-order valence-electron chi connectivity index (χ1n) is 7.73. The number of hydrogen-bond acceptors (Lipinski definition) is 4. The van der Waals surface area contributed by atoms with E-state index in [4.69, 9.17) is 11.6 Å². The third kappa shape index (κ3) is 3.27. The third-order valence-corrected chi connectivity index (χ3v) is 4.12. The van der Waals surface area contributed by atoms with Crippen molar-refractivity contribution >= 4 is 34.6 Å². The van der Waals surface area contributed by atoms with Gasteiger partial charge < -0.3 is 5.32 Å². The van der Waals surface area contributed by atoms with Crippen molar-refractivity contribution in [3.05, 3.63) is 71.6 Å². The Bertz CT molecular complexity index is 986. The second-order valence-electron chi connectivity index (χ2n) is 5.62. The summed E-state index contributed by atoms with van der Waals surface area (Å²) in [5.74, 6) is -0.118. The second-order valence-corrected chi connectivity index (χ2v) is 6.06. The summed E-state index contributed by atoms with van der Waals surface area (Å²) < 4.78 is 0. The topological polar surface area (TPSA) is 67.2 Å². The average Bonchev–Trinajstić information content (AvgIpc) is 2.80. The Kier molecular flexibility index (Phi) is 3.99. The number of aromatic nitrogens is 2. The minimum atomic E-state index is -0.118. The highest BCUT2D eigenvalue weighted by atomic mass is 35.5. The summed E-state index contributed by atoms with van der Waals surface area (Å²) in [5.41, 5.74) is 4.67. The van der Waals surface area contributed by atoms with Crippen LogP contribution in [0.1, 0.15) is 12.0 Å². The molecule has 1 aliphatic heterocycles. The van der Waals surface area contributed by atoms with E-state index in [1.54, 1.807) is 24.4 Å². The van der Waals surface area contributed by atoms with Gasteiger partial charge in [0.15, 0.2) is 0 Å². The molecule has 1 aliphatic rings. The van der Waals surface area contributed by atoms with E-state index in [9.17, 15) is 4.79 Å². The van der Waals surface area contributed by atoms with E-state index in [-0.39, 0.29) is 12.3 Å². The van der Waals surface area contributed by atoms with Crippen molar-refractivity contribution in [3.8, 4) is 11.3 Å². The summed E-state index contributed by atoms with van der Waals surface area (Å²) in [6.07, 6.45) is 3.41. The highest BCUT2D eigenvalue weighted by Gasteiger charge is 2.17. The number of anilines is 1. The summed E-state index contributed by atoms with van der Waals surface area (Å²) in [7, 11) is 0. The van der Waals surface area contributed by atoms with Crippen LogP contribution in [0.2, 0.25) is 5.02 Å². The fourth-order valence-corrected chi connectivity index (χ4v) is 2.90. The zero-order valence-corrected chi connectivity index (χ0v) is 13.9. The first-order chi connectivity index (χ1) is 12.2. The van der Waals surface area contributed by atoms with Crippen LogP contribution in [0.4, 0.5) is 11.4 Å². The van der Waals surface area contributed by atoms with Crippen molar-refractivity contribution in [1.82, 2.24) is 9.97 Å². The molecule has 1 aromatic heterocycles. The Morgan fingerprint density at radius 2 is 1.92 bits per heavy atom. The molecular formula is C19H13ClN4O. The molecule has 1 amide bonds. The van der Waals surface area contributed by atoms with Crippen LogP contribution >= 0.6 is 11.6 Å². The number of amides is 1. The zero-order chi connectivity index (χ0) is 17.2. The molecule has 0 fully saturated rings. The summed E-state index contributed by atoms with van der Waals surface area (Å²) in [6.45, 7) is 0. The van der Waals surface area contributed by atoms with Crippen molar-refractivity contribution in [3.63, 3.8) is 0 Å². The molecule has 0 unspecified atom stereocenters. The van der Waals surface area contributed by atoms with E-state index in [0.29, 0.717) is 22.1 Å². The molecule has 5 nitrogen and oxygen atoms in total. The molecule has 0 bridgehead atoms. The van der Waals surface area contributed by atoms with Crippen molar-refractivity contribution in [2.75, 3.05) is 5.32 Å². The molecule has 2 heterocycles. The Labute approximate surface area is 149 Å². The van der Waals surface area contributed by atoms with Crippen LogP contribution in [0.3, 0.4) is 0 Å². The van der Waals surface area contributed by atoms with Gasteiger partial charge in [0, 0.05) is 16.8 Å². The standard InChI is InChI=1S/C19H13ClN4O/c20-14-4-5-16-18(9-14)24-19(25)10-17(23-16)13-3-1-2-12(8-13)15-6-7-21-11-22-15/h1-9,11H,10H2,(H,24,25). The fourth-order valence-electron chi connectivity index (χ4n) is 2.72. The largest absolute Gasteiger partial charge is 0.324 e. The third-order valence-electron chi connectivity index (χ3n) is 3.89. The molecular weight excluding hydrogens is 336 g/mol. The van der Waals surface area contributed by atoms with Gasteiger partial charge in [-0.1, -0.05) is 29.8 Å². The molecule has 0 atom stereocenters. The smallest absolute Gasteiger partial charge is 0.230 e. The number of fused-ring (bicyclic) bond motifs is 1. The maximum absolute atomic E-state index is 12.2. The molecule has 0 aliphatic carbocycles. The minimum absolute atomic E-state index is 0.118. The molecule has 0 saturated carbocycles. The SMILES string of the molecule is O=C1CC(c2cccc(-c3ccncn3)c2)=Nc2ccc(Cl)cc2N1. The van der Waals surface area contributed by atoms with E-state index in [1.165, 1.54) is 6.33 Å². The lowest BCUT2D eigenvalue weighted by molar-refractivity contribution is -0.115. The Morgan fingerprint density at radius 1 is 1.04 bits per heavy atom. The molecule has 122 valence electrons. The summed E-state index contributed by atoms with van der Waals surface area (Å²) in [6, 6.07) is 14.9. The molecule has 1 N–H and O–H groups in total. The maximum atomic E-state index is 12.2. The first kappa shape index (κ1) is 15.5. The van der Waals surface area contributed by atoms with Gasteiger partial charge in [-0.2, -0.15) is 0 Å². The first-order valence-corrected chi connectivity index (χ1v) is 8.11. The lowest BCUT2D eigenvalue weighted by Crippen LogP contribution is -2.15. The van der Waals surface area contributed by atoms with Crippen molar-refractivity contribution in [2.45, 2.75) is 6.42 Å². The number of nitrogens with one attached hydrogen (secondary N) is 1. The highest BCUT2D eigenvalue weighted by Crippen LogP contribution is 2.32. The quantitative estimate of drug-likeness (QED) is 0.752. The van der Waals surface area contributed by atoms with Crippen LogP contribution in [-0.4, -0.2) is 21.6 Å². The van der Waals surface area contributed by atoms with Crippen LogP contribution in [0.25, 0.3) is 11.3 Å². The Morgan fingerprint density at radius 3 is 2.76 bits per heavy atom. The number of carbonyl (C=O) groups is 1. The van der Waals surface area contributed by atoms with Gasteiger partial charge in [-0.3, -0.25) is 9.79 Å². The van der Waals surface area contributed by atoms with Crippen molar-refractivity contribution in [1.29, 1.82) is 0 Å². The molecule has 4 rings (SSSR count). The Hall–Kier alpha value is -3.05. The maximum Gasteiger partial charge on any atom is 0.230 e. The minimum Gasteiger partial charge on any atom is -0.324 e. The summed E-state index contributed by atoms with van der Waals surface area (Å²) in [4.78, 5) is 25.1. The zero-order valence-electron chi connectivity index (χ0n) is 13.1. The van der Waals surface area contributed by atoms with Gasteiger partial charge in [0.2, 0.25) is 5.91 Å². The van der Waals surface area contributed by atoms with Crippen molar-refractivity contribution < 1.29 is 4.79 Å². The van der Waals surface area contributed by atoms with Gasteiger partial charge in [-0.25, -0.2) is 9.97 Å². The molecule has 0 radical (unpaired) electrons. The predicted octanol–water partition coefficient (Wildman–Crippen LogP) is 4.26. The van der Waals surface area contributed by atoms with E-state index in [1.807, 2.05) is 30.3 Å². The second kappa shape index (κ2) is 6.45. The van der Waals surface area contributed by atoms with Gasteiger partial charge in [0.1, 0.15) is 6.33 Å². The number of aliphatic imine (C=N–C) groups is 1. The highest BCUT2D eigenvalue weighted by molar-refractivity contribution is 6.31. The van der Waals surface area contributed by atoms with Gasteiger partial charge in [-0.15, -0.1) is 0 Å². The van der Waals surface area contributed by atoms with Gasteiger partial charge in [0.05, 0.1) is 29.2 Å². The normalized spacial score (nSPS) is 13.5. The van der Waals surface area contributed by atoms with Gasteiger partial charge in [0.25, 0.3) is 0 Å². The van der Waals surface area contributed by atoms with Gasteiger partial charge >= 0.3 is 0 Å². The number of rotatable bonds is 2. The van der Waals surface area contributed by atoms with Crippen LogP contribution in [0.15, 0.2) is 66.0 Å². The van der Waals surface area contributed by atoms with Gasteiger partial charge in [-0.05, 0) is 35.9 Å². The summed E-state index contributed by atoms with van der Waals surface area (Å²) >= 11 is 6.01.